The van der Waals surface area contributed by atoms with Crippen molar-refractivity contribution in [3.63, 3.8) is 0 Å². The van der Waals surface area contributed by atoms with Crippen LogP contribution in [-0.4, -0.2) is 53.5 Å². The molecule has 1 fully saturated rings. The number of hydrogen-bond donors (Lipinski definition) is 1. The lowest BCUT2D eigenvalue weighted by molar-refractivity contribution is -0.157. The molecule has 8 heteroatoms. The van der Waals surface area contributed by atoms with E-state index in [1.807, 2.05) is 19.9 Å². The first-order valence-corrected chi connectivity index (χ1v) is 13.7. The Morgan fingerprint density at radius 1 is 1.21 bits per heavy atom. The van der Waals surface area contributed by atoms with Gasteiger partial charge in [0.25, 0.3) is 5.56 Å². The van der Waals surface area contributed by atoms with Gasteiger partial charge in [-0.15, -0.1) is 0 Å². The van der Waals surface area contributed by atoms with Crippen LogP contribution < -0.4 is 5.56 Å². The molecular weight excluding hydrogens is 482 g/mol. The lowest BCUT2D eigenvalue weighted by Gasteiger charge is -2.23. The second-order valence-electron chi connectivity index (χ2n) is 10.9. The number of pyridine rings is 1. The molecule has 4 rings (SSSR count). The third kappa shape index (κ3) is 6.72. The quantitative estimate of drug-likeness (QED) is 0.359. The number of nitrogens with one attached hydrogen (secondary N) is 1. The zero-order valence-electron chi connectivity index (χ0n) is 23.3. The highest BCUT2D eigenvalue weighted by atomic mass is 16.6. The molecule has 2 aromatic heterocycles. The second kappa shape index (κ2) is 12.7. The average molecular weight is 524 g/mol. The molecule has 0 amide bonds. The number of esters is 1. The van der Waals surface area contributed by atoms with E-state index in [1.165, 1.54) is 0 Å². The van der Waals surface area contributed by atoms with Gasteiger partial charge in [-0.25, -0.2) is 4.98 Å². The molecule has 3 aromatic rings. The fourth-order valence-corrected chi connectivity index (χ4v) is 5.25. The topological polar surface area (TPSA) is 95.4 Å². The van der Waals surface area contributed by atoms with Crippen LogP contribution in [0.25, 0.3) is 22.4 Å². The van der Waals surface area contributed by atoms with Crippen LogP contribution in [0.2, 0.25) is 0 Å². The molecule has 0 aliphatic carbocycles. The Labute approximate surface area is 224 Å². The van der Waals surface area contributed by atoms with Crippen molar-refractivity contribution in [3.05, 3.63) is 51.9 Å². The maximum absolute atomic E-state index is 12.8. The fourth-order valence-electron chi connectivity index (χ4n) is 5.25. The molecule has 1 aliphatic heterocycles. The number of nitrogens with zero attached hydrogens (tertiary/aromatic N) is 2. The highest BCUT2D eigenvalue weighted by molar-refractivity contribution is 5.81. The first kappa shape index (κ1) is 28.0. The first-order chi connectivity index (χ1) is 18.3. The Morgan fingerprint density at radius 2 is 1.97 bits per heavy atom. The number of aromatic amines is 1. The predicted octanol–water partition coefficient (Wildman–Crippen LogP) is 4.91. The molecule has 38 heavy (non-hydrogen) atoms. The van der Waals surface area contributed by atoms with E-state index in [0.29, 0.717) is 24.5 Å². The van der Waals surface area contributed by atoms with Crippen molar-refractivity contribution in [1.29, 1.82) is 0 Å². The third-order valence-electron chi connectivity index (χ3n) is 7.51. The molecule has 1 aliphatic rings. The van der Waals surface area contributed by atoms with Crippen molar-refractivity contribution in [1.82, 2.24) is 14.5 Å². The average Bonchev–Trinajstić information content (AvgIpc) is 3.23. The molecule has 1 N–H and O–H groups in total. The number of ether oxygens (including phenoxy) is 3. The van der Waals surface area contributed by atoms with Gasteiger partial charge in [0.2, 0.25) is 0 Å². The molecule has 1 aromatic carbocycles. The van der Waals surface area contributed by atoms with Crippen LogP contribution in [0.4, 0.5) is 0 Å². The molecule has 1 saturated heterocycles. The molecular formula is C30H41N3O5. The molecule has 0 spiro atoms. The number of methoxy groups -OCH3 is 1. The van der Waals surface area contributed by atoms with Crippen molar-refractivity contribution in [3.8, 4) is 11.4 Å². The van der Waals surface area contributed by atoms with Gasteiger partial charge in [0, 0.05) is 44.2 Å². The van der Waals surface area contributed by atoms with E-state index in [2.05, 4.69) is 41.6 Å². The molecule has 8 nitrogen and oxygen atoms in total. The van der Waals surface area contributed by atoms with E-state index in [-0.39, 0.29) is 29.5 Å². The summed E-state index contributed by atoms with van der Waals surface area (Å²) in [7, 11) is 1.61. The highest BCUT2D eigenvalue weighted by Gasteiger charge is 2.26. The van der Waals surface area contributed by atoms with Crippen LogP contribution in [0.1, 0.15) is 51.2 Å². The van der Waals surface area contributed by atoms with Crippen molar-refractivity contribution in [2.45, 2.75) is 66.0 Å². The van der Waals surface area contributed by atoms with Gasteiger partial charge in [0.1, 0.15) is 11.9 Å². The number of benzene rings is 1. The van der Waals surface area contributed by atoms with E-state index in [1.54, 1.807) is 13.3 Å². The Balaban J connectivity index is 1.60. The number of fused-ring (bicyclic) bond motifs is 1. The van der Waals surface area contributed by atoms with Crippen LogP contribution in [0, 0.1) is 24.7 Å². The summed E-state index contributed by atoms with van der Waals surface area (Å²) in [5, 5.41) is 0. The third-order valence-corrected chi connectivity index (χ3v) is 7.51. The molecule has 0 bridgehead atoms. The summed E-state index contributed by atoms with van der Waals surface area (Å²) in [6.45, 7) is 10.6. The molecule has 1 unspecified atom stereocenters. The minimum atomic E-state index is -0.264. The zero-order valence-corrected chi connectivity index (χ0v) is 23.3. The molecule has 3 heterocycles. The number of hydrogen-bond acceptors (Lipinski definition) is 6. The summed E-state index contributed by atoms with van der Waals surface area (Å²) >= 11 is 0. The molecule has 0 radical (unpaired) electrons. The number of carbonyl (C=O) groups is 1. The maximum atomic E-state index is 12.8. The van der Waals surface area contributed by atoms with Gasteiger partial charge in [0.05, 0.1) is 23.6 Å². The predicted molar refractivity (Wildman–Crippen MR) is 148 cm³/mol. The maximum Gasteiger partial charge on any atom is 0.309 e. The number of carbonyl (C=O) groups excluding carboxylic acids is 1. The summed E-state index contributed by atoms with van der Waals surface area (Å²) in [6, 6.07) is 8.32. The van der Waals surface area contributed by atoms with E-state index < -0.39 is 0 Å². The fraction of sp³-hybridized carbons (Fsp3) is 0.567. The Morgan fingerprint density at radius 3 is 2.66 bits per heavy atom. The Bertz CT molecular complexity index is 1290. The second-order valence-corrected chi connectivity index (χ2v) is 10.9. The minimum absolute atomic E-state index is 0.0852. The number of rotatable bonds is 11. The number of H-pyrrole nitrogens is 1. The van der Waals surface area contributed by atoms with E-state index in [9.17, 15) is 9.59 Å². The number of aryl methyl sites for hydroxylation is 2. The summed E-state index contributed by atoms with van der Waals surface area (Å²) in [5.41, 5.74) is 4.62. The number of aromatic nitrogens is 3. The van der Waals surface area contributed by atoms with Crippen molar-refractivity contribution in [2.75, 3.05) is 26.9 Å². The van der Waals surface area contributed by atoms with Gasteiger partial charge < -0.3 is 23.8 Å². The molecule has 206 valence electrons. The van der Waals surface area contributed by atoms with Crippen LogP contribution in [-0.2, 0) is 32.0 Å². The smallest absolute Gasteiger partial charge is 0.309 e. The summed E-state index contributed by atoms with van der Waals surface area (Å²) in [5.74, 6) is 1.20. The van der Waals surface area contributed by atoms with Crippen LogP contribution in [0.15, 0.2) is 35.3 Å². The summed E-state index contributed by atoms with van der Waals surface area (Å²) in [6.07, 6.45) is 5.00. The van der Waals surface area contributed by atoms with E-state index in [4.69, 9.17) is 19.2 Å². The Kier molecular flexibility index (Phi) is 9.39. The summed E-state index contributed by atoms with van der Waals surface area (Å²) in [4.78, 5) is 32.7. The first-order valence-electron chi connectivity index (χ1n) is 13.7. The van der Waals surface area contributed by atoms with Crippen LogP contribution in [0.3, 0.4) is 0 Å². The normalized spacial score (nSPS) is 16.2. The van der Waals surface area contributed by atoms with E-state index in [0.717, 1.165) is 67.0 Å². The van der Waals surface area contributed by atoms with Gasteiger partial charge in [-0.05, 0) is 75.1 Å². The highest BCUT2D eigenvalue weighted by Crippen LogP contribution is 2.29. The lowest BCUT2D eigenvalue weighted by atomic mass is 9.89. The largest absolute Gasteiger partial charge is 0.460 e. The lowest BCUT2D eigenvalue weighted by Crippen LogP contribution is -2.28. The van der Waals surface area contributed by atoms with Crippen molar-refractivity contribution in [2.24, 2.45) is 17.8 Å². The summed E-state index contributed by atoms with van der Waals surface area (Å²) < 4.78 is 18.6. The van der Waals surface area contributed by atoms with Gasteiger partial charge in [-0.2, -0.15) is 0 Å². The van der Waals surface area contributed by atoms with Crippen molar-refractivity contribution >= 4 is 17.0 Å². The number of imidazole rings is 1. The monoisotopic (exact) mass is 523 g/mol. The van der Waals surface area contributed by atoms with Gasteiger partial charge >= 0.3 is 5.97 Å². The van der Waals surface area contributed by atoms with Gasteiger partial charge in [-0.1, -0.05) is 19.9 Å². The van der Waals surface area contributed by atoms with Gasteiger partial charge in [-0.3, -0.25) is 9.59 Å². The SMILES string of the molecule is COCC(C)OC(=O)[C@@H](CCc1ccc2c(c1)nc(-c1c[nH]c(=O)c(C)c1)n2CC1CCOCC1)C(C)C. The van der Waals surface area contributed by atoms with Gasteiger partial charge in [0.15, 0.2) is 0 Å². The van der Waals surface area contributed by atoms with Crippen LogP contribution >= 0.6 is 0 Å². The molecule has 2 atom stereocenters. The van der Waals surface area contributed by atoms with E-state index >= 15 is 0 Å². The van der Waals surface area contributed by atoms with Crippen LogP contribution in [0.5, 0.6) is 0 Å². The Hall–Kier alpha value is -2.97. The minimum Gasteiger partial charge on any atom is -0.460 e. The van der Waals surface area contributed by atoms with Crippen molar-refractivity contribution < 1.29 is 19.0 Å². The zero-order chi connectivity index (χ0) is 27.2. The molecule has 0 saturated carbocycles. The standard InChI is InChI=1S/C30H41N3O5/c1-19(2)25(30(35)38-21(4)18-36-5)8-6-22-7-9-27-26(15-22)32-28(24-14-20(3)29(34)31-16-24)33(27)17-23-10-12-37-13-11-23/h7,9,14-16,19,21,23,25H,6,8,10-13,17-18H2,1-5H3,(H,31,34)/t21?,25-/m0/s1.